The van der Waals surface area contributed by atoms with Gasteiger partial charge < -0.3 is 10.4 Å². The number of nitrogens with one attached hydrogen (secondary N) is 1. The van der Waals surface area contributed by atoms with Gasteiger partial charge in [-0.15, -0.1) is 0 Å². The lowest BCUT2D eigenvalue weighted by molar-refractivity contribution is 0.0474. The second-order valence-electron chi connectivity index (χ2n) is 5.91. The van der Waals surface area contributed by atoms with Gasteiger partial charge in [0.05, 0.1) is 11.3 Å². The Hall–Kier alpha value is -0.870. The summed E-state index contributed by atoms with van der Waals surface area (Å²) in [6, 6.07) is 0. The molecule has 0 atom stereocenters. The molecule has 1 aromatic rings. The summed E-state index contributed by atoms with van der Waals surface area (Å²) in [7, 11) is 0. The van der Waals surface area contributed by atoms with Crippen LogP contribution in [0.25, 0.3) is 0 Å². The Bertz CT molecular complexity index is 419. The van der Waals surface area contributed by atoms with Crippen molar-refractivity contribution in [2.24, 2.45) is 0 Å². The standard InChI is InChI=1S/C15H27N3O/c1-4-9-18-13(3)14(12(2)17-18)10-16-11-15(19)7-5-6-8-15/h16,19H,4-11H2,1-3H3. The van der Waals surface area contributed by atoms with Crippen LogP contribution in [0, 0.1) is 13.8 Å². The molecule has 4 nitrogen and oxygen atoms in total. The van der Waals surface area contributed by atoms with Gasteiger partial charge in [-0.2, -0.15) is 5.10 Å². The highest BCUT2D eigenvalue weighted by atomic mass is 16.3. The van der Waals surface area contributed by atoms with Crippen LogP contribution < -0.4 is 5.32 Å². The largest absolute Gasteiger partial charge is 0.389 e. The summed E-state index contributed by atoms with van der Waals surface area (Å²) in [5.74, 6) is 0. The Morgan fingerprint density at radius 1 is 1.32 bits per heavy atom. The number of aromatic nitrogens is 2. The van der Waals surface area contributed by atoms with E-state index < -0.39 is 5.60 Å². The van der Waals surface area contributed by atoms with Crippen LogP contribution in [0.1, 0.15) is 56.0 Å². The summed E-state index contributed by atoms with van der Waals surface area (Å²) in [4.78, 5) is 0. The molecule has 1 saturated carbocycles. The second-order valence-corrected chi connectivity index (χ2v) is 5.91. The first-order chi connectivity index (χ1) is 9.06. The van der Waals surface area contributed by atoms with Gasteiger partial charge in [-0.3, -0.25) is 4.68 Å². The minimum atomic E-state index is -0.471. The number of hydrogen-bond acceptors (Lipinski definition) is 3. The third-order valence-corrected chi connectivity index (χ3v) is 4.26. The molecule has 1 fully saturated rings. The van der Waals surface area contributed by atoms with E-state index in [-0.39, 0.29) is 0 Å². The van der Waals surface area contributed by atoms with Gasteiger partial charge in [-0.25, -0.2) is 0 Å². The number of aryl methyl sites for hydroxylation is 2. The highest BCUT2D eigenvalue weighted by Gasteiger charge is 2.30. The molecule has 0 unspecified atom stereocenters. The summed E-state index contributed by atoms with van der Waals surface area (Å²) in [5, 5.41) is 18.3. The second kappa shape index (κ2) is 6.06. The molecular formula is C15H27N3O. The summed E-state index contributed by atoms with van der Waals surface area (Å²) in [6.45, 7) is 8.87. The molecule has 0 aromatic carbocycles. The van der Waals surface area contributed by atoms with Crippen LogP contribution in [-0.2, 0) is 13.1 Å². The molecule has 0 spiro atoms. The molecule has 2 N–H and O–H groups in total. The van der Waals surface area contributed by atoms with Crippen molar-refractivity contribution in [1.29, 1.82) is 0 Å². The third-order valence-electron chi connectivity index (χ3n) is 4.26. The van der Waals surface area contributed by atoms with Crippen LogP contribution in [0.3, 0.4) is 0 Å². The van der Waals surface area contributed by atoms with E-state index in [0.717, 1.165) is 50.9 Å². The fraction of sp³-hybridized carbons (Fsp3) is 0.800. The fourth-order valence-corrected chi connectivity index (χ4v) is 3.05. The van der Waals surface area contributed by atoms with E-state index in [4.69, 9.17) is 0 Å². The van der Waals surface area contributed by atoms with Crippen molar-refractivity contribution < 1.29 is 5.11 Å². The lowest BCUT2D eigenvalue weighted by Gasteiger charge is -2.22. The maximum atomic E-state index is 10.3. The van der Waals surface area contributed by atoms with Gasteiger partial charge >= 0.3 is 0 Å². The Morgan fingerprint density at radius 3 is 2.63 bits per heavy atom. The predicted octanol–water partition coefficient (Wildman–Crippen LogP) is 2.30. The molecule has 4 heteroatoms. The molecule has 0 bridgehead atoms. The first-order valence-corrected chi connectivity index (χ1v) is 7.52. The highest BCUT2D eigenvalue weighted by Crippen LogP contribution is 2.28. The predicted molar refractivity (Wildman–Crippen MR) is 77.1 cm³/mol. The van der Waals surface area contributed by atoms with Gasteiger partial charge in [0, 0.05) is 30.9 Å². The van der Waals surface area contributed by atoms with Crippen molar-refractivity contribution in [1.82, 2.24) is 15.1 Å². The molecule has 0 radical (unpaired) electrons. The molecule has 1 aliphatic carbocycles. The number of rotatable bonds is 6. The van der Waals surface area contributed by atoms with Gasteiger partial charge in [-0.1, -0.05) is 19.8 Å². The van der Waals surface area contributed by atoms with Crippen molar-refractivity contribution >= 4 is 0 Å². The Kier molecular flexibility index (Phi) is 4.63. The number of hydrogen-bond donors (Lipinski definition) is 2. The summed E-state index contributed by atoms with van der Waals surface area (Å²) < 4.78 is 2.09. The smallest absolute Gasteiger partial charge is 0.0771 e. The van der Waals surface area contributed by atoms with Crippen LogP contribution in [0.2, 0.25) is 0 Å². The lowest BCUT2D eigenvalue weighted by Crippen LogP contribution is -2.37. The molecule has 0 saturated heterocycles. The molecular weight excluding hydrogens is 238 g/mol. The molecule has 108 valence electrons. The van der Waals surface area contributed by atoms with Crippen LogP contribution >= 0.6 is 0 Å². The molecule has 1 heterocycles. The van der Waals surface area contributed by atoms with E-state index >= 15 is 0 Å². The Morgan fingerprint density at radius 2 is 2.00 bits per heavy atom. The van der Waals surface area contributed by atoms with E-state index in [1.165, 1.54) is 11.3 Å². The van der Waals surface area contributed by atoms with E-state index in [9.17, 15) is 5.11 Å². The van der Waals surface area contributed by atoms with Crippen molar-refractivity contribution in [3.63, 3.8) is 0 Å². The average Bonchev–Trinajstić information content (AvgIpc) is 2.90. The van der Waals surface area contributed by atoms with E-state index in [1.54, 1.807) is 0 Å². The van der Waals surface area contributed by atoms with Crippen molar-refractivity contribution in [3.05, 3.63) is 17.0 Å². The highest BCUT2D eigenvalue weighted by molar-refractivity contribution is 5.24. The molecule has 1 aromatic heterocycles. The minimum Gasteiger partial charge on any atom is -0.389 e. The third kappa shape index (κ3) is 3.37. The van der Waals surface area contributed by atoms with Gasteiger partial charge in [0.25, 0.3) is 0 Å². The monoisotopic (exact) mass is 265 g/mol. The lowest BCUT2D eigenvalue weighted by atomic mass is 10.0. The van der Waals surface area contributed by atoms with Gasteiger partial charge in [0.2, 0.25) is 0 Å². The van der Waals surface area contributed by atoms with E-state index in [0.29, 0.717) is 6.54 Å². The maximum Gasteiger partial charge on any atom is 0.0771 e. The van der Waals surface area contributed by atoms with Crippen molar-refractivity contribution in [2.45, 2.75) is 71.6 Å². The van der Waals surface area contributed by atoms with Crippen molar-refractivity contribution in [2.75, 3.05) is 6.54 Å². The van der Waals surface area contributed by atoms with Gasteiger partial charge in [0.1, 0.15) is 0 Å². The zero-order chi connectivity index (χ0) is 13.9. The molecule has 1 aliphatic rings. The van der Waals surface area contributed by atoms with Crippen LogP contribution in [0.15, 0.2) is 0 Å². The minimum absolute atomic E-state index is 0.471. The maximum absolute atomic E-state index is 10.3. The Balaban J connectivity index is 1.92. The number of nitrogens with zero attached hydrogens (tertiary/aromatic N) is 2. The normalized spacial score (nSPS) is 18.1. The zero-order valence-electron chi connectivity index (χ0n) is 12.5. The molecule has 0 amide bonds. The van der Waals surface area contributed by atoms with Gasteiger partial charge in [-0.05, 0) is 33.1 Å². The summed E-state index contributed by atoms with van der Waals surface area (Å²) >= 11 is 0. The van der Waals surface area contributed by atoms with Crippen LogP contribution in [0.4, 0.5) is 0 Å². The van der Waals surface area contributed by atoms with E-state index in [2.05, 4.69) is 35.9 Å². The van der Waals surface area contributed by atoms with Gasteiger partial charge in [0.15, 0.2) is 0 Å². The molecule has 2 rings (SSSR count). The van der Waals surface area contributed by atoms with Crippen LogP contribution in [0.5, 0.6) is 0 Å². The SMILES string of the molecule is CCCn1nc(C)c(CNCC2(O)CCCC2)c1C. The zero-order valence-corrected chi connectivity index (χ0v) is 12.5. The molecule has 19 heavy (non-hydrogen) atoms. The van der Waals surface area contributed by atoms with E-state index in [1.807, 2.05) is 0 Å². The summed E-state index contributed by atoms with van der Waals surface area (Å²) in [5.41, 5.74) is 3.18. The summed E-state index contributed by atoms with van der Waals surface area (Å²) in [6.07, 6.45) is 5.30. The topological polar surface area (TPSA) is 50.1 Å². The first-order valence-electron chi connectivity index (χ1n) is 7.52. The fourth-order valence-electron chi connectivity index (χ4n) is 3.05. The molecule has 0 aliphatic heterocycles. The first kappa shape index (κ1) is 14.5. The average molecular weight is 265 g/mol. The van der Waals surface area contributed by atoms with Crippen LogP contribution in [-0.4, -0.2) is 27.0 Å². The Labute approximate surface area is 116 Å². The number of aliphatic hydroxyl groups is 1. The van der Waals surface area contributed by atoms with Crippen molar-refractivity contribution in [3.8, 4) is 0 Å². The quantitative estimate of drug-likeness (QED) is 0.830.